The number of rotatable bonds is 4. The van der Waals surface area contributed by atoms with Crippen LogP contribution in [0.1, 0.15) is 5.76 Å². The molecule has 3 aromatic rings. The first-order chi connectivity index (χ1) is 9.33. The molecule has 96 valence electrons. The zero-order chi connectivity index (χ0) is 13.1. The van der Waals surface area contributed by atoms with E-state index in [0.717, 1.165) is 22.8 Å². The van der Waals surface area contributed by atoms with Gasteiger partial charge in [-0.2, -0.15) is 0 Å². The lowest BCUT2D eigenvalue weighted by atomic mass is 10.2. The van der Waals surface area contributed by atoms with Crippen LogP contribution in [0.15, 0.2) is 47.6 Å². The number of benzene rings is 1. The van der Waals surface area contributed by atoms with Crippen molar-refractivity contribution in [3.8, 4) is 11.4 Å². The Morgan fingerprint density at radius 2 is 2.32 bits per heavy atom. The second-order valence-corrected chi connectivity index (χ2v) is 4.17. The van der Waals surface area contributed by atoms with E-state index in [-0.39, 0.29) is 0 Å². The van der Waals surface area contributed by atoms with Crippen molar-refractivity contribution in [3.63, 3.8) is 0 Å². The van der Waals surface area contributed by atoms with Crippen molar-refractivity contribution < 1.29 is 4.42 Å². The predicted octanol–water partition coefficient (Wildman–Crippen LogP) is 2.08. The number of anilines is 1. The molecule has 2 aromatic heterocycles. The Morgan fingerprint density at radius 3 is 3.05 bits per heavy atom. The fourth-order valence-corrected chi connectivity index (χ4v) is 1.83. The Kier molecular flexibility index (Phi) is 2.97. The molecule has 0 fully saturated rings. The van der Waals surface area contributed by atoms with E-state index in [1.807, 2.05) is 35.9 Å². The van der Waals surface area contributed by atoms with Crippen LogP contribution in [-0.2, 0) is 13.6 Å². The van der Waals surface area contributed by atoms with Gasteiger partial charge in [0, 0.05) is 18.3 Å². The van der Waals surface area contributed by atoms with Crippen LogP contribution in [0, 0.1) is 0 Å². The Balaban J connectivity index is 1.78. The Labute approximate surface area is 110 Å². The van der Waals surface area contributed by atoms with Crippen molar-refractivity contribution in [3.05, 3.63) is 48.9 Å². The third kappa shape index (κ3) is 2.47. The minimum atomic E-state index is 0.599. The number of hydrogen-bond donors (Lipinski definition) is 1. The molecule has 1 N–H and O–H groups in total. The normalized spacial score (nSPS) is 10.6. The fourth-order valence-electron chi connectivity index (χ4n) is 1.83. The SMILES string of the molecule is Cn1cnnc1-c1cccc(NCc2cnco2)c1. The van der Waals surface area contributed by atoms with Crippen molar-refractivity contribution in [1.82, 2.24) is 19.7 Å². The van der Waals surface area contributed by atoms with Gasteiger partial charge in [0.25, 0.3) is 0 Å². The second-order valence-electron chi connectivity index (χ2n) is 4.17. The van der Waals surface area contributed by atoms with Crippen LogP contribution in [0.5, 0.6) is 0 Å². The van der Waals surface area contributed by atoms with E-state index in [4.69, 9.17) is 4.42 Å². The minimum Gasteiger partial charge on any atom is -0.447 e. The standard InChI is InChI=1S/C13H13N5O/c1-18-8-16-17-13(18)10-3-2-4-11(5-10)15-7-12-6-14-9-19-12/h2-6,8-9,15H,7H2,1H3. The highest BCUT2D eigenvalue weighted by Gasteiger charge is 2.05. The fraction of sp³-hybridized carbons (Fsp3) is 0.154. The molecule has 0 aliphatic rings. The van der Waals surface area contributed by atoms with Crippen molar-refractivity contribution >= 4 is 5.69 Å². The molecule has 0 amide bonds. The van der Waals surface area contributed by atoms with Gasteiger partial charge in [0.15, 0.2) is 12.2 Å². The molecule has 0 spiro atoms. The number of nitrogens with one attached hydrogen (secondary N) is 1. The lowest BCUT2D eigenvalue weighted by Crippen LogP contribution is -1.99. The van der Waals surface area contributed by atoms with Gasteiger partial charge in [0.05, 0.1) is 12.7 Å². The van der Waals surface area contributed by atoms with E-state index in [1.165, 1.54) is 6.39 Å². The molecular formula is C13H13N5O. The summed E-state index contributed by atoms with van der Waals surface area (Å²) in [6.45, 7) is 0.599. The number of oxazole rings is 1. The topological polar surface area (TPSA) is 68.8 Å². The predicted molar refractivity (Wildman–Crippen MR) is 70.3 cm³/mol. The molecule has 1 aromatic carbocycles. The van der Waals surface area contributed by atoms with Gasteiger partial charge in [-0.15, -0.1) is 10.2 Å². The zero-order valence-corrected chi connectivity index (χ0v) is 10.4. The largest absolute Gasteiger partial charge is 0.447 e. The number of nitrogens with zero attached hydrogens (tertiary/aromatic N) is 4. The van der Waals surface area contributed by atoms with E-state index in [0.29, 0.717) is 6.54 Å². The van der Waals surface area contributed by atoms with Crippen molar-refractivity contribution in [2.24, 2.45) is 7.05 Å². The van der Waals surface area contributed by atoms with Gasteiger partial charge >= 0.3 is 0 Å². The number of aryl methyl sites for hydroxylation is 1. The molecule has 0 saturated heterocycles. The highest BCUT2D eigenvalue weighted by molar-refractivity contribution is 5.62. The quantitative estimate of drug-likeness (QED) is 0.773. The second kappa shape index (κ2) is 4.93. The molecule has 0 radical (unpaired) electrons. The summed E-state index contributed by atoms with van der Waals surface area (Å²) in [7, 11) is 1.92. The first-order valence-electron chi connectivity index (χ1n) is 5.88. The summed E-state index contributed by atoms with van der Waals surface area (Å²) < 4.78 is 7.06. The van der Waals surface area contributed by atoms with Crippen LogP contribution < -0.4 is 5.32 Å². The van der Waals surface area contributed by atoms with Gasteiger partial charge in [-0.05, 0) is 12.1 Å². The maximum Gasteiger partial charge on any atom is 0.180 e. The van der Waals surface area contributed by atoms with E-state index < -0.39 is 0 Å². The maximum absolute atomic E-state index is 5.18. The zero-order valence-electron chi connectivity index (χ0n) is 10.4. The van der Waals surface area contributed by atoms with Gasteiger partial charge in [-0.25, -0.2) is 4.98 Å². The van der Waals surface area contributed by atoms with E-state index in [9.17, 15) is 0 Å². The first kappa shape index (κ1) is 11.5. The summed E-state index contributed by atoms with van der Waals surface area (Å²) in [6.07, 6.45) is 4.80. The highest BCUT2D eigenvalue weighted by Crippen LogP contribution is 2.20. The molecule has 0 aliphatic heterocycles. The molecule has 3 rings (SSSR count). The summed E-state index contributed by atoms with van der Waals surface area (Å²) in [4.78, 5) is 3.88. The minimum absolute atomic E-state index is 0.599. The third-order valence-corrected chi connectivity index (χ3v) is 2.78. The van der Waals surface area contributed by atoms with E-state index in [1.54, 1.807) is 12.5 Å². The third-order valence-electron chi connectivity index (χ3n) is 2.78. The summed E-state index contributed by atoms with van der Waals surface area (Å²) >= 11 is 0. The summed E-state index contributed by atoms with van der Waals surface area (Å²) in [5.74, 6) is 1.63. The molecule has 2 heterocycles. The Bertz CT molecular complexity index is 659. The monoisotopic (exact) mass is 255 g/mol. The van der Waals surface area contributed by atoms with Gasteiger partial charge in [0.1, 0.15) is 12.1 Å². The Hall–Kier alpha value is -2.63. The van der Waals surface area contributed by atoms with E-state index >= 15 is 0 Å². The van der Waals surface area contributed by atoms with Crippen LogP contribution in [0.25, 0.3) is 11.4 Å². The molecule has 6 nitrogen and oxygen atoms in total. The van der Waals surface area contributed by atoms with E-state index in [2.05, 4.69) is 20.5 Å². The molecular weight excluding hydrogens is 242 g/mol. The smallest absolute Gasteiger partial charge is 0.180 e. The molecule has 0 unspecified atom stereocenters. The molecule has 6 heteroatoms. The van der Waals surface area contributed by atoms with Crippen LogP contribution >= 0.6 is 0 Å². The maximum atomic E-state index is 5.18. The summed E-state index contributed by atoms with van der Waals surface area (Å²) in [5, 5.41) is 11.3. The number of hydrogen-bond acceptors (Lipinski definition) is 5. The molecule has 0 bridgehead atoms. The lowest BCUT2D eigenvalue weighted by Gasteiger charge is -2.06. The average Bonchev–Trinajstić information content (AvgIpc) is 3.08. The van der Waals surface area contributed by atoms with Gasteiger partial charge in [-0.3, -0.25) is 0 Å². The van der Waals surface area contributed by atoms with Crippen LogP contribution in [0.4, 0.5) is 5.69 Å². The molecule has 0 saturated carbocycles. The molecule has 0 atom stereocenters. The molecule has 0 aliphatic carbocycles. The van der Waals surface area contributed by atoms with Crippen LogP contribution in [0.2, 0.25) is 0 Å². The van der Waals surface area contributed by atoms with Gasteiger partial charge < -0.3 is 14.3 Å². The van der Waals surface area contributed by atoms with Gasteiger partial charge in [-0.1, -0.05) is 12.1 Å². The van der Waals surface area contributed by atoms with Crippen LogP contribution in [0.3, 0.4) is 0 Å². The molecule has 19 heavy (non-hydrogen) atoms. The summed E-state index contributed by atoms with van der Waals surface area (Å²) in [6, 6.07) is 8.01. The summed E-state index contributed by atoms with van der Waals surface area (Å²) in [5.41, 5.74) is 2.01. The van der Waals surface area contributed by atoms with Crippen molar-refractivity contribution in [2.45, 2.75) is 6.54 Å². The Morgan fingerprint density at radius 1 is 1.37 bits per heavy atom. The van der Waals surface area contributed by atoms with Crippen molar-refractivity contribution in [1.29, 1.82) is 0 Å². The highest BCUT2D eigenvalue weighted by atomic mass is 16.3. The van der Waals surface area contributed by atoms with Gasteiger partial charge in [0.2, 0.25) is 0 Å². The van der Waals surface area contributed by atoms with Crippen molar-refractivity contribution in [2.75, 3.05) is 5.32 Å². The number of aromatic nitrogens is 4. The lowest BCUT2D eigenvalue weighted by molar-refractivity contribution is 0.512. The average molecular weight is 255 g/mol. The van der Waals surface area contributed by atoms with Crippen LogP contribution in [-0.4, -0.2) is 19.7 Å². The first-order valence-corrected chi connectivity index (χ1v) is 5.88.